The lowest BCUT2D eigenvalue weighted by atomic mass is 9.86. The molecule has 19 heavy (non-hydrogen) atoms. The Morgan fingerprint density at radius 3 is 3.21 bits per heavy atom. The zero-order valence-electron chi connectivity index (χ0n) is 10.4. The fourth-order valence-corrected chi connectivity index (χ4v) is 2.60. The van der Waals surface area contributed by atoms with E-state index < -0.39 is 5.97 Å². The Balaban J connectivity index is 1.77. The zero-order valence-corrected chi connectivity index (χ0v) is 10.4. The van der Waals surface area contributed by atoms with Crippen LogP contribution in [0.4, 0.5) is 5.82 Å². The van der Waals surface area contributed by atoms with E-state index in [4.69, 9.17) is 5.11 Å². The first-order valence-corrected chi connectivity index (χ1v) is 6.38. The lowest BCUT2D eigenvalue weighted by Crippen LogP contribution is -2.31. The maximum absolute atomic E-state index is 11.1. The highest BCUT2D eigenvalue weighted by Crippen LogP contribution is 2.27. The smallest absolute Gasteiger partial charge is 0.306 e. The van der Waals surface area contributed by atoms with E-state index in [9.17, 15) is 4.79 Å². The molecule has 7 heteroatoms. The lowest BCUT2D eigenvalue weighted by molar-refractivity contribution is -0.142. The fourth-order valence-electron chi connectivity index (χ4n) is 2.60. The van der Waals surface area contributed by atoms with Gasteiger partial charge in [0.1, 0.15) is 6.33 Å². The van der Waals surface area contributed by atoms with Gasteiger partial charge < -0.3 is 10.4 Å². The van der Waals surface area contributed by atoms with Gasteiger partial charge in [-0.05, 0) is 19.3 Å². The van der Waals surface area contributed by atoms with Gasteiger partial charge in [-0.25, -0.2) is 4.98 Å². The molecule has 0 bridgehead atoms. The van der Waals surface area contributed by atoms with Crippen LogP contribution in [0.2, 0.25) is 0 Å². The van der Waals surface area contributed by atoms with Crippen molar-refractivity contribution in [3.63, 3.8) is 0 Å². The molecule has 100 valence electrons. The van der Waals surface area contributed by atoms with Gasteiger partial charge in [-0.1, -0.05) is 6.42 Å². The van der Waals surface area contributed by atoms with Crippen LogP contribution in [0.1, 0.15) is 25.7 Å². The van der Waals surface area contributed by atoms with E-state index in [1.54, 1.807) is 23.1 Å². The average Bonchev–Trinajstić information content (AvgIpc) is 2.88. The van der Waals surface area contributed by atoms with Gasteiger partial charge >= 0.3 is 5.97 Å². The van der Waals surface area contributed by atoms with Crippen molar-refractivity contribution in [1.29, 1.82) is 0 Å². The predicted molar refractivity (Wildman–Crippen MR) is 67.8 cm³/mol. The van der Waals surface area contributed by atoms with Gasteiger partial charge in [0, 0.05) is 18.4 Å². The molecule has 2 unspecified atom stereocenters. The van der Waals surface area contributed by atoms with Crippen molar-refractivity contribution in [1.82, 2.24) is 19.6 Å². The molecule has 1 aliphatic carbocycles. The molecule has 2 N–H and O–H groups in total. The van der Waals surface area contributed by atoms with Gasteiger partial charge in [0.25, 0.3) is 0 Å². The number of carbonyl (C=O) groups is 1. The zero-order chi connectivity index (χ0) is 13.2. The van der Waals surface area contributed by atoms with Crippen molar-refractivity contribution in [2.75, 3.05) is 5.32 Å². The maximum Gasteiger partial charge on any atom is 0.306 e. The molecule has 2 heterocycles. The van der Waals surface area contributed by atoms with E-state index in [1.165, 1.54) is 0 Å². The van der Waals surface area contributed by atoms with Gasteiger partial charge in [0.15, 0.2) is 5.82 Å². The standard InChI is InChI=1S/C12H15N5O2/c18-12(19)8-2-1-3-9(6-8)15-10-11-16-14-7-17(11)5-4-13-10/h4-5,7-9H,1-3,6H2,(H,13,15)(H,18,19). The number of carboxylic acid groups (broad SMARTS) is 1. The van der Waals surface area contributed by atoms with Crippen LogP contribution in [-0.2, 0) is 4.79 Å². The van der Waals surface area contributed by atoms with Gasteiger partial charge in [-0.2, -0.15) is 0 Å². The number of anilines is 1. The number of aliphatic carboxylic acids is 1. The van der Waals surface area contributed by atoms with Crippen molar-refractivity contribution >= 4 is 17.4 Å². The van der Waals surface area contributed by atoms with Gasteiger partial charge in [-0.3, -0.25) is 9.20 Å². The van der Waals surface area contributed by atoms with Crippen molar-refractivity contribution in [2.45, 2.75) is 31.7 Å². The summed E-state index contributed by atoms with van der Waals surface area (Å²) >= 11 is 0. The Labute approximate surface area is 109 Å². The second-order valence-electron chi connectivity index (χ2n) is 4.88. The Kier molecular flexibility index (Phi) is 3.02. The normalized spacial score (nSPS) is 23.4. The minimum absolute atomic E-state index is 0.130. The summed E-state index contributed by atoms with van der Waals surface area (Å²) in [5, 5.41) is 20.2. The van der Waals surface area contributed by atoms with Gasteiger partial charge in [0.2, 0.25) is 5.65 Å². The molecular weight excluding hydrogens is 246 g/mol. The van der Waals surface area contributed by atoms with E-state index in [2.05, 4.69) is 20.5 Å². The molecule has 7 nitrogen and oxygen atoms in total. The first-order valence-electron chi connectivity index (χ1n) is 6.38. The topological polar surface area (TPSA) is 92.4 Å². The Morgan fingerprint density at radius 2 is 2.37 bits per heavy atom. The highest BCUT2D eigenvalue weighted by molar-refractivity contribution is 5.70. The summed E-state index contributed by atoms with van der Waals surface area (Å²) in [4.78, 5) is 15.3. The third-order valence-corrected chi connectivity index (χ3v) is 3.58. The summed E-state index contributed by atoms with van der Waals surface area (Å²) in [6.07, 6.45) is 8.34. The van der Waals surface area contributed by atoms with Crippen molar-refractivity contribution < 1.29 is 9.90 Å². The Morgan fingerprint density at radius 1 is 1.47 bits per heavy atom. The molecule has 0 aromatic carbocycles. The summed E-state index contributed by atoms with van der Waals surface area (Å²) < 4.78 is 1.78. The summed E-state index contributed by atoms with van der Waals surface area (Å²) in [6.45, 7) is 0. The Bertz CT molecular complexity index is 597. The molecule has 1 saturated carbocycles. The second kappa shape index (κ2) is 4.83. The number of nitrogens with zero attached hydrogens (tertiary/aromatic N) is 4. The molecular formula is C12H15N5O2. The number of aromatic nitrogens is 4. The third-order valence-electron chi connectivity index (χ3n) is 3.58. The minimum atomic E-state index is -0.708. The third kappa shape index (κ3) is 2.35. The summed E-state index contributed by atoms with van der Waals surface area (Å²) in [7, 11) is 0. The van der Waals surface area contributed by atoms with Crippen LogP contribution in [0.3, 0.4) is 0 Å². The fraction of sp³-hybridized carbons (Fsp3) is 0.500. The van der Waals surface area contributed by atoms with Crippen LogP contribution in [0, 0.1) is 5.92 Å². The molecule has 0 radical (unpaired) electrons. The van der Waals surface area contributed by atoms with Crippen LogP contribution >= 0.6 is 0 Å². The highest BCUT2D eigenvalue weighted by Gasteiger charge is 2.27. The number of fused-ring (bicyclic) bond motifs is 1. The SMILES string of the molecule is O=C(O)C1CCCC(Nc2nccn3cnnc23)C1. The van der Waals surface area contributed by atoms with Crippen LogP contribution < -0.4 is 5.32 Å². The molecule has 0 aliphatic heterocycles. The number of hydrogen-bond donors (Lipinski definition) is 2. The molecule has 3 rings (SSSR count). The lowest BCUT2D eigenvalue weighted by Gasteiger charge is -2.27. The van der Waals surface area contributed by atoms with Crippen molar-refractivity contribution in [3.8, 4) is 0 Å². The summed E-state index contributed by atoms with van der Waals surface area (Å²) in [5.74, 6) is -0.306. The quantitative estimate of drug-likeness (QED) is 0.861. The van der Waals surface area contributed by atoms with Crippen LogP contribution in [0.15, 0.2) is 18.7 Å². The molecule has 2 aromatic heterocycles. The van der Waals surface area contributed by atoms with E-state index in [0.29, 0.717) is 17.9 Å². The van der Waals surface area contributed by atoms with Crippen molar-refractivity contribution in [2.24, 2.45) is 5.92 Å². The van der Waals surface area contributed by atoms with Crippen LogP contribution in [0.25, 0.3) is 5.65 Å². The largest absolute Gasteiger partial charge is 0.481 e. The highest BCUT2D eigenvalue weighted by atomic mass is 16.4. The average molecular weight is 261 g/mol. The minimum Gasteiger partial charge on any atom is -0.481 e. The molecule has 0 saturated heterocycles. The molecule has 2 aromatic rings. The van der Waals surface area contributed by atoms with Crippen LogP contribution in [0.5, 0.6) is 0 Å². The summed E-state index contributed by atoms with van der Waals surface area (Å²) in [5.41, 5.74) is 0.667. The number of carboxylic acids is 1. The molecule has 1 aliphatic rings. The van der Waals surface area contributed by atoms with E-state index in [0.717, 1.165) is 19.3 Å². The van der Waals surface area contributed by atoms with Crippen LogP contribution in [-0.4, -0.2) is 36.7 Å². The summed E-state index contributed by atoms with van der Waals surface area (Å²) in [6, 6.07) is 0.130. The van der Waals surface area contributed by atoms with E-state index in [-0.39, 0.29) is 12.0 Å². The first kappa shape index (κ1) is 11.9. The second-order valence-corrected chi connectivity index (χ2v) is 4.88. The monoisotopic (exact) mass is 261 g/mol. The van der Waals surface area contributed by atoms with E-state index in [1.807, 2.05) is 0 Å². The predicted octanol–water partition coefficient (Wildman–Crippen LogP) is 1.18. The molecule has 2 atom stereocenters. The Hall–Kier alpha value is -2.18. The van der Waals surface area contributed by atoms with Gasteiger partial charge in [0.05, 0.1) is 5.92 Å². The molecule has 0 spiro atoms. The number of nitrogens with one attached hydrogen (secondary N) is 1. The van der Waals surface area contributed by atoms with Crippen molar-refractivity contribution in [3.05, 3.63) is 18.7 Å². The molecule has 0 amide bonds. The van der Waals surface area contributed by atoms with Gasteiger partial charge in [-0.15, -0.1) is 10.2 Å². The molecule has 1 fully saturated rings. The maximum atomic E-state index is 11.1. The van der Waals surface area contributed by atoms with E-state index >= 15 is 0 Å². The number of hydrogen-bond acceptors (Lipinski definition) is 5. The number of rotatable bonds is 3. The first-order chi connectivity index (χ1) is 9.24.